The lowest BCUT2D eigenvalue weighted by molar-refractivity contribution is -0.129. The average molecular weight is 614 g/mol. The third-order valence-electron chi connectivity index (χ3n) is 9.40. The van der Waals surface area contributed by atoms with Crippen molar-refractivity contribution in [3.8, 4) is 5.75 Å². The number of morpholine rings is 1. The summed E-state index contributed by atoms with van der Waals surface area (Å²) in [6, 6.07) is 14.3. The van der Waals surface area contributed by atoms with Crippen LogP contribution in [-0.2, 0) is 30.7 Å². The minimum atomic E-state index is -3.70. The van der Waals surface area contributed by atoms with Crippen molar-refractivity contribution in [1.29, 1.82) is 0 Å². The number of hydrogen-bond donors (Lipinski definition) is 1. The van der Waals surface area contributed by atoms with Crippen LogP contribution in [0.3, 0.4) is 0 Å². The summed E-state index contributed by atoms with van der Waals surface area (Å²) in [5.41, 5.74) is 2.76. The van der Waals surface area contributed by atoms with Gasteiger partial charge < -0.3 is 19.5 Å². The zero-order valence-electron chi connectivity index (χ0n) is 25.8. The summed E-state index contributed by atoms with van der Waals surface area (Å²) in [5.74, 6) is 0.509. The lowest BCUT2D eigenvalue weighted by Gasteiger charge is -2.50. The molecule has 2 aromatic carbocycles. The fourth-order valence-corrected chi connectivity index (χ4v) is 9.13. The van der Waals surface area contributed by atoms with Gasteiger partial charge in [-0.25, -0.2) is 8.42 Å². The summed E-state index contributed by atoms with van der Waals surface area (Å²) in [6.07, 6.45) is 5.99. The summed E-state index contributed by atoms with van der Waals surface area (Å²) in [6.45, 7) is 7.65. The summed E-state index contributed by atoms with van der Waals surface area (Å²) in [5, 5.41) is 3.21. The highest BCUT2D eigenvalue weighted by atomic mass is 32.2. The molecule has 236 valence electrons. The minimum Gasteiger partial charge on any atom is -0.497 e. The van der Waals surface area contributed by atoms with E-state index in [4.69, 9.17) is 14.2 Å². The van der Waals surface area contributed by atoms with Gasteiger partial charge in [0.05, 0.1) is 31.3 Å². The number of hydrogen-bond acceptors (Lipinski definition) is 7. The molecule has 3 fully saturated rings. The monoisotopic (exact) mass is 613 g/mol. The van der Waals surface area contributed by atoms with E-state index in [1.807, 2.05) is 0 Å². The van der Waals surface area contributed by atoms with Crippen LogP contribution in [0.4, 0.5) is 0 Å². The van der Waals surface area contributed by atoms with E-state index < -0.39 is 10.0 Å². The maximum Gasteiger partial charge on any atom is 0.246 e. The number of sulfonamides is 1. The van der Waals surface area contributed by atoms with Gasteiger partial charge in [-0.3, -0.25) is 9.69 Å². The first kappa shape index (κ1) is 31.9. The molecule has 0 bridgehead atoms. The van der Waals surface area contributed by atoms with Gasteiger partial charge in [0.15, 0.2) is 0 Å². The van der Waals surface area contributed by atoms with Crippen molar-refractivity contribution in [2.45, 2.75) is 81.4 Å². The Hall–Kier alpha value is -2.50. The number of rotatable bonds is 10. The highest BCUT2D eigenvalue weighted by Gasteiger charge is 2.41. The predicted octanol–water partition coefficient (Wildman–Crippen LogP) is 3.85. The summed E-state index contributed by atoms with van der Waals surface area (Å²) < 4.78 is 45.6. The highest BCUT2D eigenvalue weighted by Crippen LogP contribution is 2.37. The number of piperidine rings is 1. The molecule has 2 aromatic rings. The Morgan fingerprint density at radius 2 is 1.70 bits per heavy atom. The smallest absolute Gasteiger partial charge is 0.246 e. The van der Waals surface area contributed by atoms with Gasteiger partial charge in [-0.15, -0.1) is 0 Å². The molecule has 43 heavy (non-hydrogen) atoms. The van der Waals surface area contributed by atoms with Crippen molar-refractivity contribution in [2.75, 3.05) is 53.1 Å². The van der Waals surface area contributed by atoms with Crippen molar-refractivity contribution in [3.05, 3.63) is 59.2 Å². The van der Waals surface area contributed by atoms with Gasteiger partial charge in [0.1, 0.15) is 12.4 Å². The van der Waals surface area contributed by atoms with Crippen LogP contribution in [0.1, 0.15) is 55.2 Å². The van der Waals surface area contributed by atoms with Crippen molar-refractivity contribution in [1.82, 2.24) is 14.5 Å². The lowest BCUT2D eigenvalue weighted by Crippen LogP contribution is -2.58. The second kappa shape index (κ2) is 14.1. The SMILES string of the molecule is COc1cc(C)c(S(=O)(=O)N2CCCC(OCC(=O)NC3CCC(Cc4ccccc4)(N4CCOCC4)CC3)C2)c(C)c1. The number of nitrogens with one attached hydrogen (secondary N) is 1. The van der Waals surface area contributed by atoms with Gasteiger partial charge in [0.25, 0.3) is 0 Å². The van der Waals surface area contributed by atoms with E-state index in [0.717, 1.165) is 64.8 Å². The van der Waals surface area contributed by atoms with Gasteiger partial charge >= 0.3 is 0 Å². The van der Waals surface area contributed by atoms with E-state index >= 15 is 0 Å². The summed E-state index contributed by atoms with van der Waals surface area (Å²) in [4.78, 5) is 15.9. The van der Waals surface area contributed by atoms with Crippen molar-refractivity contribution in [3.63, 3.8) is 0 Å². The van der Waals surface area contributed by atoms with E-state index in [2.05, 4.69) is 40.5 Å². The normalized spacial score (nSPS) is 25.7. The Bertz CT molecular complexity index is 1310. The average Bonchev–Trinajstić information content (AvgIpc) is 3.01. The highest BCUT2D eigenvalue weighted by molar-refractivity contribution is 7.89. The number of carbonyl (C=O) groups is 1. The molecule has 0 spiro atoms. The topological polar surface area (TPSA) is 97.4 Å². The van der Waals surface area contributed by atoms with Gasteiger partial charge in [0.2, 0.25) is 15.9 Å². The van der Waals surface area contributed by atoms with Gasteiger partial charge in [-0.2, -0.15) is 4.31 Å². The first-order chi connectivity index (χ1) is 20.7. The van der Waals surface area contributed by atoms with Crippen LogP contribution in [0.2, 0.25) is 0 Å². The molecule has 1 unspecified atom stereocenters. The molecule has 0 aromatic heterocycles. The molecule has 10 heteroatoms. The zero-order valence-corrected chi connectivity index (χ0v) is 26.7. The Kier molecular flexibility index (Phi) is 10.4. The van der Waals surface area contributed by atoms with Crippen LogP contribution < -0.4 is 10.1 Å². The number of methoxy groups -OCH3 is 1. The quantitative estimate of drug-likeness (QED) is 0.435. The molecular weight excluding hydrogens is 566 g/mol. The number of nitrogens with zero attached hydrogens (tertiary/aromatic N) is 2. The second-order valence-electron chi connectivity index (χ2n) is 12.4. The molecule has 9 nitrogen and oxygen atoms in total. The molecule has 3 aliphatic rings. The molecule has 2 aliphatic heterocycles. The Labute approximate surface area is 256 Å². The number of amides is 1. The van der Waals surface area contributed by atoms with Crippen LogP contribution in [0.15, 0.2) is 47.4 Å². The maximum atomic E-state index is 13.6. The van der Waals surface area contributed by atoms with Crippen LogP contribution >= 0.6 is 0 Å². The first-order valence-corrected chi connectivity index (χ1v) is 17.1. The van der Waals surface area contributed by atoms with Crippen molar-refractivity contribution < 1.29 is 27.4 Å². The van der Waals surface area contributed by atoms with Crippen molar-refractivity contribution >= 4 is 15.9 Å². The number of carbonyl (C=O) groups excluding carboxylic acids is 1. The molecule has 1 saturated carbocycles. The third kappa shape index (κ3) is 7.60. The van der Waals surface area contributed by atoms with Crippen LogP contribution in [-0.4, -0.2) is 94.3 Å². The van der Waals surface area contributed by atoms with Gasteiger partial charge in [-0.1, -0.05) is 30.3 Å². The van der Waals surface area contributed by atoms with E-state index in [1.165, 1.54) is 9.87 Å². The Balaban J connectivity index is 1.13. The summed E-state index contributed by atoms with van der Waals surface area (Å²) >= 11 is 0. The van der Waals surface area contributed by atoms with Gasteiger partial charge in [-0.05, 0) is 87.6 Å². The van der Waals surface area contributed by atoms with Crippen molar-refractivity contribution in [2.24, 2.45) is 0 Å². The standard InChI is InChI=1S/C33H47N3O6S/c1-25-20-30(40-3)21-26(2)32(25)43(38,39)36-15-7-10-29(23-36)42-24-31(37)34-28-11-13-33(14-12-28,35-16-18-41-19-17-35)22-27-8-5-4-6-9-27/h4-6,8-9,20-21,28-29H,7,10-19,22-24H2,1-3H3,(H,34,37). The molecule has 1 amide bonds. The molecule has 1 atom stereocenters. The van der Waals surface area contributed by atoms with Crippen LogP contribution in [0.25, 0.3) is 0 Å². The zero-order chi connectivity index (χ0) is 30.5. The lowest BCUT2D eigenvalue weighted by atomic mass is 9.74. The second-order valence-corrected chi connectivity index (χ2v) is 14.2. The van der Waals surface area contributed by atoms with Gasteiger partial charge in [0, 0.05) is 37.8 Å². The number of aryl methyl sites for hydroxylation is 2. The maximum absolute atomic E-state index is 13.6. The molecule has 1 aliphatic carbocycles. The van der Waals surface area contributed by atoms with Crippen LogP contribution in [0.5, 0.6) is 5.75 Å². The fraction of sp³-hybridized carbons (Fsp3) is 0.606. The van der Waals surface area contributed by atoms with E-state index in [1.54, 1.807) is 33.1 Å². The third-order valence-corrected chi connectivity index (χ3v) is 11.6. The largest absolute Gasteiger partial charge is 0.497 e. The molecule has 2 saturated heterocycles. The van der Waals surface area contributed by atoms with Crippen LogP contribution in [0, 0.1) is 13.8 Å². The summed E-state index contributed by atoms with van der Waals surface area (Å²) in [7, 11) is -2.13. The molecular formula is C33H47N3O6S. The molecule has 5 rings (SSSR count). The minimum absolute atomic E-state index is 0.0612. The fourth-order valence-electron chi connectivity index (χ4n) is 7.20. The number of ether oxygens (including phenoxy) is 3. The number of benzene rings is 2. The Morgan fingerprint density at radius 3 is 2.35 bits per heavy atom. The predicted molar refractivity (Wildman–Crippen MR) is 166 cm³/mol. The molecule has 0 radical (unpaired) electrons. The molecule has 2 heterocycles. The van der Waals surface area contributed by atoms with E-state index in [-0.39, 0.29) is 36.7 Å². The first-order valence-electron chi connectivity index (χ1n) is 15.6. The Morgan fingerprint density at radius 1 is 1.02 bits per heavy atom. The van der Waals surface area contributed by atoms with E-state index in [0.29, 0.717) is 34.7 Å². The molecule has 1 N–H and O–H groups in total. The van der Waals surface area contributed by atoms with E-state index in [9.17, 15) is 13.2 Å².